The van der Waals surface area contributed by atoms with Crippen LogP contribution in [0.5, 0.6) is 11.5 Å². The Hall–Kier alpha value is -2.48. The number of para-hydroxylation sites is 1. The third-order valence-electron chi connectivity index (χ3n) is 3.16. The number of aromatic nitrogens is 2. The van der Waals surface area contributed by atoms with Gasteiger partial charge in [-0.25, -0.2) is 10.4 Å². The molecule has 1 aromatic carbocycles. The summed E-state index contributed by atoms with van der Waals surface area (Å²) in [4.78, 5) is 16.2. The Balaban J connectivity index is 1.71. The minimum Gasteiger partial charge on any atom is -0.454 e. The second kappa shape index (κ2) is 6.10. The van der Waals surface area contributed by atoms with Gasteiger partial charge in [0, 0.05) is 12.6 Å². The molecule has 1 aliphatic rings. The first-order valence-corrected chi connectivity index (χ1v) is 7.71. The third-order valence-corrected chi connectivity index (χ3v) is 3.90. The Labute approximate surface area is 131 Å². The van der Waals surface area contributed by atoms with Crippen molar-refractivity contribution >= 4 is 23.9 Å². The van der Waals surface area contributed by atoms with E-state index in [0.29, 0.717) is 17.2 Å². The van der Waals surface area contributed by atoms with E-state index in [4.69, 9.17) is 9.47 Å². The fraction of sp³-hybridized carbons (Fsp3) is 0.214. The predicted molar refractivity (Wildman–Crippen MR) is 82.6 cm³/mol. The van der Waals surface area contributed by atoms with E-state index in [9.17, 15) is 4.79 Å². The van der Waals surface area contributed by atoms with Crippen LogP contribution in [0.25, 0.3) is 0 Å². The lowest BCUT2D eigenvalue weighted by atomic mass is 10.2. The van der Waals surface area contributed by atoms with E-state index in [-0.39, 0.29) is 12.7 Å². The molecular weight excluding hydrogens is 304 g/mol. The van der Waals surface area contributed by atoms with Crippen molar-refractivity contribution in [3.05, 3.63) is 35.7 Å². The van der Waals surface area contributed by atoms with Crippen LogP contribution in [0.1, 0.15) is 16.1 Å². The van der Waals surface area contributed by atoms with Crippen molar-refractivity contribution in [1.82, 2.24) is 15.0 Å². The van der Waals surface area contributed by atoms with Crippen LogP contribution in [0, 0.1) is 0 Å². The number of nitrogens with one attached hydrogen (secondary N) is 1. The highest BCUT2D eigenvalue weighted by molar-refractivity contribution is 7.98. The molecule has 1 N–H and O–H groups in total. The summed E-state index contributed by atoms with van der Waals surface area (Å²) in [5, 5.41) is 4.73. The molecule has 3 rings (SSSR count). The maximum atomic E-state index is 12.1. The number of nitrogens with zero attached hydrogens (tertiary/aromatic N) is 3. The Morgan fingerprint density at radius 1 is 1.50 bits per heavy atom. The minimum absolute atomic E-state index is 0.193. The van der Waals surface area contributed by atoms with Gasteiger partial charge in [0.1, 0.15) is 5.69 Å². The Bertz CT molecular complexity index is 742. The zero-order valence-corrected chi connectivity index (χ0v) is 12.9. The second-order valence-corrected chi connectivity index (χ2v) is 5.24. The van der Waals surface area contributed by atoms with Crippen LogP contribution < -0.4 is 14.9 Å². The van der Waals surface area contributed by atoms with Crippen molar-refractivity contribution in [3.63, 3.8) is 0 Å². The first-order valence-electron chi connectivity index (χ1n) is 6.48. The molecule has 0 radical (unpaired) electrons. The Morgan fingerprint density at radius 2 is 2.36 bits per heavy atom. The number of carbonyl (C=O) groups is 1. The maximum Gasteiger partial charge on any atom is 0.289 e. The van der Waals surface area contributed by atoms with Gasteiger partial charge in [0.15, 0.2) is 16.7 Å². The first kappa shape index (κ1) is 14.5. The number of ether oxygens (including phenoxy) is 2. The van der Waals surface area contributed by atoms with Crippen LogP contribution in [0.4, 0.5) is 0 Å². The van der Waals surface area contributed by atoms with Gasteiger partial charge in [0.05, 0.1) is 12.4 Å². The van der Waals surface area contributed by atoms with Gasteiger partial charge in [-0.2, -0.15) is 5.10 Å². The molecule has 8 heteroatoms. The monoisotopic (exact) mass is 318 g/mol. The van der Waals surface area contributed by atoms with E-state index in [2.05, 4.69) is 15.5 Å². The molecule has 2 aromatic rings. The average Bonchev–Trinajstić information content (AvgIpc) is 3.13. The fourth-order valence-corrected chi connectivity index (χ4v) is 2.60. The number of amides is 1. The van der Waals surface area contributed by atoms with Gasteiger partial charge in [-0.3, -0.25) is 4.79 Å². The van der Waals surface area contributed by atoms with Gasteiger partial charge in [0.2, 0.25) is 6.79 Å². The second-order valence-electron chi connectivity index (χ2n) is 4.47. The van der Waals surface area contributed by atoms with Crippen LogP contribution in [-0.2, 0) is 7.05 Å². The molecule has 0 aliphatic carbocycles. The van der Waals surface area contributed by atoms with Crippen LogP contribution in [0.15, 0.2) is 34.7 Å². The molecule has 0 fully saturated rings. The van der Waals surface area contributed by atoms with Crippen molar-refractivity contribution in [2.45, 2.75) is 5.16 Å². The topological polar surface area (TPSA) is 77.7 Å². The summed E-state index contributed by atoms with van der Waals surface area (Å²) in [7, 11) is 1.78. The zero-order valence-electron chi connectivity index (χ0n) is 12.1. The minimum atomic E-state index is -0.323. The molecule has 0 spiro atoms. The number of carbonyl (C=O) groups excluding carboxylic acids is 1. The molecule has 7 nitrogen and oxygen atoms in total. The quantitative estimate of drug-likeness (QED) is 0.527. The lowest BCUT2D eigenvalue weighted by Gasteiger charge is -2.03. The lowest BCUT2D eigenvalue weighted by Crippen LogP contribution is -2.20. The van der Waals surface area contributed by atoms with Crippen LogP contribution >= 0.6 is 11.8 Å². The summed E-state index contributed by atoms with van der Waals surface area (Å²) < 4.78 is 12.4. The van der Waals surface area contributed by atoms with Crippen molar-refractivity contribution < 1.29 is 14.3 Å². The van der Waals surface area contributed by atoms with E-state index in [1.807, 2.05) is 24.5 Å². The van der Waals surface area contributed by atoms with E-state index in [1.165, 1.54) is 24.2 Å². The van der Waals surface area contributed by atoms with Crippen LogP contribution in [0.2, 0.25) is 0 Å². The molecule has 1 aliphatic heterocycles. The van der Waals surface area contributed by atoms with Crippen molar-refractivity contribution in [1.29, 1.82) is 0 Å². The van der Waals surface area contributed by atoms with Crippen molar-refractivity contribution in [2.75, 3.05) is 13.0 Å². The summed E-state index contributed by atoms with van der Waals surface area (Å²) in [6.45, 7) is 0.193. The SMILES string of the molecule is CSc1ncc(C(=O)NN=Cc2cccc3c2OCO3)n1C. The number of imidazole rings is 1. The van der Waals surface area contributed by atoms with E-state index < -0.39 is 0 Å². The highest BCUT2D eigenvalue weighted by Crippen LogP contribution is 2.34. The standard InChI is InChI=1S/C14H14N4O3S/c1-18-10(7-15-14(18)22-2)13(19)17-16-6-9-4-3-5-11-12(9)21-8-20-11/h3-7H,8H2,1-2H3,(H,17,19). The highest BCUT2D eigenvalue weighted by Gasteiger charge is 2.16. The first-order chi connectivity index (χ1) is 10.7. The van der Waals surface area contributed by atoms with Crippen LogP contribution in [-0.4, -0.2) is 34.7 Å². The number of hydrogen-bond donors (Lipinski definition) is 1. The summed E-state index contributed by atoms with van der Waals surface area (Å²) >= 11 is 1.47. The van der Waals surface area contributed by atoms with E-state index in [1.54, 1.807) is 11.6 Å². The van der Waals surface area contributed by atoms with E-state index in [0.717, 1.165) is 10.7 Å². The third kappa shape index (κ3) is 2.64. The Kier molecular flexibility index (Phi) is 4.01. The molecule has 1 aromatic heterocycles. The smallest absolute Gasteiger partial charge is 0.289 e. The molecule has 0 atom stereocenters. The maximum absolute atomic E-state index is 12.1. The molecule has 22 heavy (non-hydrogen) atoms. The molecular formula is C14H14N4O3S. The summed E-state index contributed by atoms with van der Waals surface area (Å²) in [5.41, 5.74) is 3.67. The van der Waals surface area contributed by atoms with Gasteiger partial charge >= 0.3 is 0 Å². The number of hydrogen-bond acceptors (Lipinski definition) is 6. The average molecular weight is 318 g/mol. The fourth-order valence-electron chi connectivity index (χ4n) is 2.07. The number of hydrazone groups is 1. The summed E-state index contributed by atoms with van der Waals surface area (Å²) in [6.07, 6.45) is 4.95. The Morgan fingerprint density at radius 3 is 3.14 bits per heavy atom. The number of rotatable bonds is 4. The summed E-state index contributed by atoms with van der Waals surface area (Å²) in [5.74, 6) is 0.980. The van der Waals surface area contributed by atoms with Crippen molar-refractivity contribution in [2.24, 2.45) is 12.1 Å². The van der Waals surface area contributed by atoms with Crippen molar-refractivity contribution in [3.8, 4) is 11.5 Å². The molecule has 0 saturated carbocycles. The lowest BCUT2D eigenvalue weighted by molar-refractivity contribution is 0.0946. The van der Waals surface area contributed by atoms with E-state index >= 15 is 0 Å². The molecule has 114 valence electrons. The van der Waals surface area contributed by atoms with Gasteiger partial charge in [-0.05, 0) is 18.4 Å². The number of benzene rings is 1. The predicted octanol–water partition coefficient (Wildman–Crippen LogP) is 1.63. The highest BCUT2D eigenvalue weighted by atomic mass is 32.2. The van der Waals surface area contributed by atoms with Gasteiger partial charge in [-0.1, -0.05) is 17.8 Å². The molecule has 2 heterocycles. The number of fused-ring (bicyclic) bond motifs is 1. The van der Waals surface area contributed by atoms with Gasteiger partial charge in [-0.15, -0.1) is 0 Å². The largest absolute Gasteiger partial charge is 0.454 e. The van der Waals surface area contributed by atoms with Gasteiger partial charge in [0.25, 0.3) is 5.91 Å². The zero-order chi connectivity index (χ0) is 15.5. The summed E-state index contributed by atoms with van der Waals surface area (Å²) in [6, 6.07) is 5.49. The molecule has 0 bridgehead atoms. The molecule has 0 saturated heterocycles. The molecule has 0 unspecified atom stereocenters. The van der Waals surface area contributed by atoms with Gasteiger partial charge < -0.3 is 14.0 Å². The van der Waals surface area contributed by atoms with Crippen LogP contribution in [0.3, 0.4) is 0 Å². The normalized spacial score (nSPS) is 12.8. The molecule has 1 amide bonds. The number of thioether (sulfide) groups is 1.